The zero-order valence-electron chi connectivity index (χ0n) is 9.53. The van der Waals surface area contributed by atoms with Crippen LogP contribution >= 0.6 is 0 Å². The SMILES string of the molecule is NC1CCCN(c2cc3cc(F)ccc3o2)C1. The van der Waals surface area contributed by atoms with Gasteiger partial charge in [0.05, 0.1) is 0 Å². The standard InChI is InChI=1S/C13H15FN2O/c14-10-3-4-12-9(6-10)7-13(17-12)16-5-1-2-11(15)8-16/h3-4,6-7,11H,1-2,5,8,15H2. The molecule has 0 amide bonds. The van der Waals surface area contributed by atoms with Gasteiger partial charge in [-0.05, 0) is 31.0 Å². The van der Waals surface area contributed by atoms with Crippen LogP contribution in [-0.2, 0) is 0 Å². The van der Waals surface area contributed by atoms with Crippen LogP contribution in [0.4, 0.5) is 10.3 Å². The number of fused-ring (bicyclic) bond motifs is 1. The molecule has 1 atom stereocenters. The Balaban J connectivity index is 1.94. The monoisotopic (exact) mass is 234 g/mol. The number of hydrogen-bond acceptors (Lipinski definition) is 3. The Bertz CT molecular complexity index is 537. The second-order valence-electron chi connectivity index (χ2n) is 4.62. The van der Waals surface area contributed by atoms with E-state index in [0.717, 1.165) is 42.8 Å². The number of piperidine rings is 1. The van der Waals surface area contributed by atoms with Crippen molar-refractivity contribution in [1.82, 2.24) is 0 Å². The van der Waals surface area contributed by atoms with Gasteiger partial charge in [0.1, 0.15) is 11.4 Å². The molecular weight excluding hydrogens is 219 g/mol. The van der Waals surface area contributed by atoms with Crippen LogP contribution in [0.3, 0.4) is 0 Å². The molecule has 1 aromatic heterocycles. The zero-order valence-corrected chi connectivity index (χ0v) is 9.53. The molecule has 3 rings (SSSR count). The number of benzene rings is 1. The van der Waals surface area contributed by atoms with E-state index in [1.54, 1.807) is 6.07 Å². The summed E-state index contributed by atoms with van der Waals surface area (Å²) in [4.78, 5) is 2.13. The van der Waals surface area contributed by atoms with Crippen LogP contribution < -0.4 is 10.6 Å². The summed E-state index contributed by atoms with van der Waals surface area (Å²) >= 11 is 0. The summed E-state index contributed by atoms with van der Waals surface area (Å²) in [7, 11) is 0. The predicted molar refractivity (Wildman–Crippen MR) is 65.6 cm³/mol. The van der Waals surface area contributed by atoms with Gasteiger partial charge in [-0.2, -0.15) is 0 Å². The van der Waals surface area contributed by atoms with E-state index in [1.807, 2.05) is 6.07 Å². The summed E-state index contributed by atoms with van der Waals surface area (Å²) in [5.74, 6) is 0.556. The summed E-state index contributed by atoms with van der Waals surface area (Å²) in [5.41, 5.74) is 6.66. The Kier molecular flexibility index (Phi) is 2.52. The molecule has 90 valence electrons. The van der Waals surface area contributed by atoms with E-state index in [9.17, 15) is 4.39 Å². The average molecular weight is 234 g/mol. The van der Waals surface area contributed by atoms with E-state index < -0.39 is 0 Å². The van der Waals surface area contributed by atoms with Gasteiger partial charge in [-0.15, -0.1) is 0 Å². The first-order valence-electron chi connectivity index (χ1n) is 5.92. The summed E-state index contributed by atoms with van der Waals surface area (Å²) in [6.07, 6.45) is 2.14. The number of nitrogens with two attached hydrogens (primary N) is 1. The maximum Gasteiger partial charge on any atom is 0.196 e. The van der Waals surface area contributed by atoms with Gasteiger partial charge < -0.3 is 15.1 Å². The second-order valence-corrected chi connectivity index (χ2v) is 4.62. The van der Waals surface area contributed by atoms with E-state index in [4.69, 9.17) is 10.2 Å². The Morgan fingerprint density at radius 2 is 2.24 bits per heavy atom. The van der Waals surface area contributed by atoms with Gasteiger partial charge in [0.25, 0.3) is 0 Å². The molecule has 1 aliphatic rings. The summed E-state index contributed by atoms with van der Waals surface area (Å²) in [5, 5.41) is 0.805. The number of furan rings is 1. The van der Waals surface area contributed by atoms with Gasteiger partial charge in [0, 0.05) is 30.6 Å². The number of halogens is 1. The topological polar surface area (TPSA) is 42.4 Å². The predicted octanol–water partition coefficient (Wildman–Crippen LogP) is 2.50. The Labute approximate surface area is 99.0 Å². The largest absolute Gasteiger partial charge is 0.441 e. The lowest BCUT2D eigenvalue weighted by Crippen LogP contribution is -2.42. The first kappa shape index (κ1) is 10.6. The van der Waals surface area contributed by atoms with Crippen LogP contribution in [0, 0.1) is 5.82 Å². The van der Waals surface area contributed by atoms with Crippen molar-refractivity contribution in [3.8, 4) is 0 Å². The van der Waals surface area contributed by atoms with E-state index in [-0.39, 0.29) is 11.9 Å². The van der Waals surface area contributed by atoms with Gasteiger partial charge in [-0.3, -0.25) is 0 Å². The molecule has 2 aromatic rings. The summed E-state index contributed by atoms with van der Waals surface area (Å²) in [6.45, 7) is 1.76. The fourth-order valence-corrected chi connectivity index (χ4v) is 2.37. The highest BCUT2D eigenvalue weighted by atomic mass is 19.1. The highest BCUT2D eigenvalue weighted by molar-refractivity contribution is 5.81. The minimum Gasteiger partial charge on any atom is -0.441 e. The average Bonchev–Trinajstić information content (AvgIpc) is 2.72. The van der Waals surface area contributed by atoms with E-state index in [2.05, 4.69) is 4.90 Å². The molecule has 2 N–H and O–H groups in total. The number of hydrogen-bond donors (Lipinski definition) is 1. The number of anilines is 1. The fraction of sp³-hybridized carbons (Fsp3) is 0.385. The molecule has 0 aliphatic carbocycles. The maximum atomic E-state index is 13.1. The van der Waals surface area contributed by atoms with Gasteiger partial charge in [-0.25, -0.2) is 4.39 Å². The van der Waals surface area contributed by atoms with Gasteiger partial charge in [-0.1, -0.05) is 0 Å². The van der Waals surface area contributed by atoms with Crippen molar-refractivity contribution in [3.05, 3.63) is 30.1 Å². The molecule has 2 heterocycles. The molecular formula is C13H15FN2O. The van der Waals surface area contributed by atoms with Gasteiger partial charge in [0.2, 0.25) is 0 Å². The Hall–Kier alpha value is -1.55. The first-order valence-corrected chi connectivity index (χ1v) is 5.92. The lowest BCUT2D eigenvalue weighted by atomic mass is 10.1. The third-order valence-corrected chi connectivity index (χ3v) is 3.23. The van der Waals surface area contributed by atoms with Gasteiger partial charge >= 0.3 is 0 Å². The Morgan fingerprint density at radius 1 is 1.35 bits per heavy atom. The van der Waals surface area contributed by atoms with Crippen molar-refractivity contribution < 1.29 is 8.81 Å². The van der Waals surface area contributed by atoms with Crippen LogP contribution in [0.15, 0.2) is 28.7 Å². The molecule has 3 nitrogen and oxygen atoms in total. The van der Waals surface area contributed by atoms with Crippen LogP contribution in [0.5, 0.6) is 0 Å². The zero-order chi connectivity index (χ0) is 11.8. The number of rotatable bonds is 1. The molecule has 4 heteroatoms. The molecule has 0 radical (unpaired) electrons. The minimum atomic E-state index is -0.236. The molecule has 1 fully saturated rings. The fourth-order valence-electron chi connectivity index (χ4n) is 2.37. The molecule has 17 heavy (non-hydrogen) atoms. The highest BCUT2D eigenvalue weighted by Gasteiger charge is 2.19. The van der Waals surface area contributed by atoms with Crippen molar-refractivity contribution in [1.29, 1.82) is 0 Å². The molecule has 1 aromatic carbocycles. The second kappa shape index (κ2) is 4.04. The number of nitrogens with zero attached hydrogens (tertiary/aromatic N) is 1. The molecule has 0 saturated carbocycles. The molecule has 1 saturated heterocycles. The van der Waals surface area contributed by atoms with Crippen LogP contribution in [-0.4, -0.2) is 19.1 Å². The first-order chi connectivity index (χ1) is 8.22. The molecule has 0 bridgehead atoms. The Morgan fingerprint density at radius 3 is 3.06 bits per heavy atom. The van der Waals surface area contributed by atoms with Gasteiger partial charge in [0.15, 0.2) is 5.88 Å². The van der Waals surface area contributed by atoms with Crippen molar-refractivity contribution in [2.45, 2.75) is 18.9 Å². The van der Waals surface area contributed by atoms with E-state index >= 15 is 0 Å². The quantitative estimate of drug-likeness (QED) is 0.824. The third-order valence-electron chi connectivity index (χ3n) is 3.23. The van der Waals surface area contributed by atoms with Crippen molar-refractivity contribution in [3.63, 3.8) is 0 Å². The molecule has 1 unspecified atom stereocenters. The van der Waals surface area contributed by atoms with Crippen LogP contribution in [0.2, 0.25) is 0 Å². The van der Waals surface area contributed by atoms with Crippen molar-refractivity contribution >= 4 is 16.9 Å². The molecule has 1 aliphatic heterocycles. The smallest absolute Gasteiger partial charge is 0.196 e. The summed E-state index contributed by atoms with van der Waals surface area (Å²) in [6, 6.07) is 6.66. The minimum absolute atomic E-state index is 0.202. The lowest BCUT2D eigenvalue weighted by molar-refractivity contribution is 0.473. The van der Waals surface area contributed by atoms with Crippen LogP contribution in [0.25, 0.3) is 11.0 Å². The normalized spacial score (nSPS) is 21.1. The van der Waals surface area contributed by atoms with E-state index in [0.29, 0.717) is 0 Å². The molecule has 0 spiro atoms. The van der Waals surface area contributed by atoms with Crippen LogP contribution in [0.1, 0.15) is 12.8 Å². The third kappa shape index (κ3) is 2.00. The highest BCUT2D eigenvalue weighted by Crippen LogP contribution is 2.28. The maximum absolute atomic E-state index is 13.1. The van der Waals surface area contributed by atoms with Crippen molar-refractivity contribution in [2.24, 2.45) is 5.73 Å². The van der Waals surface area contributed by atoms with E-state index in [1.165, 1.54) is 12.1 Å². The summed E-state index contributed by atoms with van der Waals surface area (Å²) < 4.78 is 18.8. The lowest BCUT2D eigenvalue weighted by Gasteiger charge is -2.30. The van der Waals surface area contributed by atoms with Crippen molar-refractivity contribution in [2.75, 3.05) is 18.0 Å².